The summed E-state index contributed by atoms with van der Waals surface area (Å²) in [4.78, 5) is 4.41. The van der Waals surface area contributed by atoms with Gasteiger partial charge in [0.05, 0.1) is 9.99 Å². The van der Waals surface area contributed by atoms with Crippen LogP contribution in [0.15, 0.2) is 16.6 Å². The first kappa shape index (κ1) is 13.8. The maximum absolute atomic E-state index is 13.7. The molecule has 0 unspecified atom stereocenters. The highest BCUT2D eigenvalue weighted by atomic mass is 79.9. The van der Waals surface area contributed by atoms with Crippen LogP contribution in [0.4, 0.5) is 4.39 Å². The van der Waals surface area contributed by atoms with E-state index in [0.29, 0.717) is 9.63 Å². The van der Waals surface area contributed by atoms with Gasteiger partial charge in [-0.05, 0) is 51.5 Å². The minimum absolute atomic E-state index is 0.127. The van der Waals surface area contributed by atoms with Gasteiger partial charge in [0, 0.05) is 5.39 Å². The molecule has 0 aliphatic heterocycles. The molecule has 18 heavy (non-hydrogen) atoms. The van der Waals surface area contributed by atoms with Crippen molar-refractivity contribution in [3.63, 3.8) is 0 Å². The molecule has 0 radical (unpaired) electrons. The van der Waals surface area contributed by atoms with Gasteiger partial charge in [-0.25, -0.2) is 9.37 Å². The third-order valence-corrected chi connectivity index (χ3v) is 4.04. The minimum atomic E-state index is -0.274. The van der Waals surface area contributed by atoms with Crippen LogP contribution in [-0.2, 0) is 5.41 Å². The van der Waals surface area contributed by atoms with Gasteiger partial charge in [-0.3, -0.25) is 0 Å². The molecule has 96 valence electrons. The topological polar surface area (TPSA) is 12.9 Å². The molecule has 1 nitrogen and oxygen atoms in total. The first-order chi connectivity index (χ1) is 8.21. The number of benzene rings is 1. The number of hydrogen-bond donors (Lipinski definition) is 0. The SMILES string of the molecule is Cc1cc(F)c(Br)c2cc(C(C)(C)C)c(Cl)nc12. The molecule has 0 spiro atoms. The van der Waals surface area contributed by atoms with E-state index in [4.69, 9.17) is 11.6 Å². The Kier molecular flexibility index (Phi) is 3.41. The van der Waals surface area contributed by atoms with Crippen LogP contribution in [0.2, 0.25) is 5.15 Å². The average Bonchev–Trinajstić information content (AvgIpc) is 2.24. The second kappa shape index (κ2) is 4.46. The number of halogens is 3. The van der Waals surface area contributed by atoms with Crippen LogP contribution in [-0.4, -0.2) is 4.98 Å². The number of aromatic nitrogens is 1. The zero-order valence-corrected chi connectivity index (χ0v) is 13.1. The molecule has 0 atom stereocenters. The van der Waals surface area contributed by atoms with Crippen LogP contribution in [0.3, 0.4) is 0 Å². The van der Waals surface area contributed by atoms with E-state index in [2.05, 4.69) is 41.7 Å². The first-order valence-electron chi connectivity index (χ1n) is 5.67. The Balaban J connectivity index is 2.90. The summed E-state index contributed by atoms with van der Waals surface area (Å²) in [5.74, 6) is -0.274. The molecule has 0 bridgehead atoms. The molecule has 0 N–H and O–H groups in total. The molecular weight excluding hydrogens is 317 g/mol. The quantitative estimate of drug-likeness (QED) is 0.590. The van der Waals surface area contributed by atoms with Crippen molar-refractivity contribution >= 4 is 38.4 Å². The molecule has 0 aliphatic carbocycles. The molecule has 1 aromatic carbocycles. The van der Waals surface area contributed by atoms with Crippen molar-refractivity contribution in [1.82, 2.24) is 4.98 Å². The summed E-state index contributed by atoms with van der Waals surface area (Å²) in [6.07, 6.45) is 0. The highest BCUT2D eigenvalue weighted by molar-refractivity contribution is 9.10. The Labute approximate surface area is 119 Å². The summed E-state index contributed by atoms with van der Waals surface area (Å²) < 4.78 is 14.2. The molecule has 1 aromatic heterocycles. The molecular formula is C14H14BrClFN. The molecule has 1 heterocycles. The molecule has 0 saturated heterocycles. The van der Waals surface area contributed by atoms with Crippen molar-refractivity contribution in [1.29, 1.82) is 0 Å². The fourth-order valence-corrected chi connectivity index (χ4v) is 2.77. The molecule has 0 amide bonds. The smallest absolute Gasteiger partial charge is 0.138 e. The largest absolute Gasteiger partial charge is 0.235 e. The molecule has 0 saturated carbocycles. The lowest BCUT2D eigenvalue weighted by atomic mass is 9.87. The summed E-state index contributed by atoms with van der Waals surface area (Å²) in [5.41, 5.74) is 2.31. The predicted octanol–water partition coefficient (Wildman–Crippen LogP) is 5.40. The third-order valence-electron chi connectivity index (χ3n) is 2.95. The van der Waals surface area contributed by atoms with Gasteiger partial charge in [0.2, 0.25) is 0 Å². The van der Waals surface area contributed by atoms with Gasteiger partial charge >= 0.3 is 0 Å². The lowest BCUT2D eigenvalue weighted by molar-refractivity contribution is 0.588. The lowest BCUT2D eigenvalue weighted by Gasteiger charge is -2.21. The summed E-state index contributed by atoms with van der Waals surface area (Å²) in [7, 11) is 0. The van der Waals surface area contributed by atoms with Crippen molar-refractivity contribution in [2.24, 2.45) is 0 Å². The van der Waals surface area contributed by atoms with Crippen LogP contribution in [0, 0.1) is 12.7 Å². The Hall–Kier alpha value is -0.670. The fraction of sp³-hybridized carbons (Fsp3) is 0.357. The molecule has 0 fully saturated rings. The predicted molar refractivity (Wildman–Crippen MR) is 77.8 cm³/mol. The number of rotatable bonds is 0. The Morgan fingerprint density at radius 2 is 1.89 bits per heavy atom. The van der Waals surface area contributed by atoms with E-state index in [1.807, 2.05) is 13.0 Å². The van der Waals surface area contributed by atoms with E-state index >= 15 is 0 Å². The van der Waals surface area contributed by atoms with Crippen molar-refractivity contribution < 1.29 is 4.39 Å². The van der Waals surface area contributed by atoms with Gasteiger partial charge in [-0.2, -0.15) is 0 Å². The molecule has 2 rings (SSSR count). The van der Waals surface area contributed by atoms with Crippen LogP contribution in [0.5, 0.6) is 0 Å². The molecule has 2 aromatic rings. The molecule has 4 heteroatoms. The van der Waals surface area contributed by atoms with E-state index in [0.717, 1.165) is 22.0 Å². The third kappa shape index (κ3) is 2.26. The second-order valence-electron chi connectivity index (χ2n) is 5.46. The lowest BCUT2D eigenvalue weighted by Crippen LogP contribution is -2.13. The Bertz CT molecular complexity index is 632. The summed E-state index contributed by atoms with van der Waals surface area (Å²) in [6.45, 7) is 8.00. The van der Waals surface area contributed by atoms with E-state index < -0.39 is 0 Å². The standard InChI is InChI=1S/C14H14BrClFN/c1-7-5-10(17)11(15)8-6-9(14(2,3)4)13(16)18-12(7)8/h5-6H,1-4H3. The summed E-state index contributed by atoms with van der Waals surface area (Å²) in [6, 6.07) is 3.39. The first-order valence-corrected chi connectivity index (χ1v) is 6.84. The number of aryl methyl sites for hydroxylation is 1. The monoisotopic (exact) mass is 329 g/mol. The van der Waals surface area contributed by atoms with Gasteiger partial charge in [0.15, 0.2) is 0 Å². The highest BCUT2D eigenvalue weighted by Gasteiger charge is 2.21. The number of hydrogen-bond acceptors (Lipinski definition) is 1. The fourth-order valence-electron chi connectivity index (χ4n) is 1.94. The second-order valence-corrected chi connectivity index (χ2v) is 6.61. The highest BCUT2D eigenvalue weighted by Crippen LogP contribution is 2.35. The van der Waals surface area contributed by atoms with Crippen molar-refractivity contribution in [2.45, 2.75) is 33.1 Å². The summed E-state index contributed by atoms with van der Waals surface area (Å²) >= 11 is 9.51. The van der Waals surface area contributed by atoms with Crippen molar-refractivity contribution in [3.8, 4) is 0 Å². The van der Waals surface area contributed by atoms with Crippen LogP contribution >= 0.6 is 27.5 Å². The summed E-state index contributed by atoms with van der Waals surface area (Å²) in [5, 5.41) is 1.25. The van der Waals surface area contributed by atoms with Gasteiger partial charge < -0.3 is 0 Å². The minimum Gasteiger partial charge on any atom is -0.235 e. The Morgan fingerprint density at radius 1 is 1.28 bits per heavy atom. The number of pyridine rings is 1. The number of fused-ring (bicyclic) bond motifs is 1. The normalized spacial score (nSPS) is 12.2. The zero-order valence-electron chi connectivity index (χ0n) is 10.7. The van der Waals surface area contributed by atoms with Crippen LogP contribution in [0.1, 0.15) is 31.9 Å². The van der Waals surface area contributed by atoms with E-state index in [1.165, 1.54) is 6.07 Å². The number of nitrogens with zero attached hydrogens (tertiary/aromatic N) is 1. The van der Waals surface area contributed by atoms with Gasteiger partial charge in [0.25, 0.3) is 0 Å². The van der Waals surface area contributed by atoms with Gasteiger partial charge in [0.1, 0.15) is 11.0 Å². The van der Waals surface area contributed by atoms with Gasteiger partial charge in [-0.1, -0.05) is 32.4 Å². The maximum Gasteiger partial charge on any atom is 0.138 e. The maximum atomic E-state index is 13.7. The van der Waals surface area contributed by atoms with Gasteiger partial charge in [-0.15, -0.1) is 0 Å². The zero-order chi connectivity index (χ0) is 13.7. The van der Waals surface area contributed by atoms with E-state index in [-0.39, 0.29) is 11.2 Å². The van der Waals surface area contributed by atoms with Crippen LogP contribution < -0.4 is 0 Å². The van der Waals surface area contributed by atoms with Crippen molar-refractivity contribution in [2.75, 3.05) is 0 Å². The van der Waals surface area contributed by atoms with E-state index in [1.54, 1.807) is 0 Å². The van der Waals surface area contributed by atoms with E-state index in [9.17, 15) is 4.39 Å². The molecule has 0 aliphatic rings. The average molecular weight is 331 g/mol. The Morgan fingerprint density at radius 3 is 2.44 bits per heavy atom. The van der Waals surface area contributed by atoms with Crippen molar-refractivity contribution in [3.05, 3.63) is 38.7 Å². The van der Waals surface area contributed by atoms with Crippen LogP contribution in [0.25, 0.3) is 10.9 Å².